The molecule has 0 spiro atoms. The second kappa shape index (κ2) is 13.2. The third kappa shape index (κ3) is 6.35. The number of alkyl halides is 3. The van der Waals surface area contributed by atoms with Crippen molar-refractivity contribution in [2.75, 3.05) is 19.7 Å². The van der Waals surface area contributed by atoms with Gasteiger partial charge in [0.05, 0.1) is 44.4 Å². The summed E-state index contributed by atoms with van der Waals surface area (Å²) in [6.07, 6.45) is -2.05. The number of aromatic nitrogens is 3. The minimum atomic E-state index is -4.74. The van der Waals surface area contributed by atoms with Crippen molar-refractivity contribution in [3.63, 3.8) is 0 Å². The summed E-state index contributed by atoms with van der Waals surface area (Å²) in [6.45, 7) is 4.34. The van der Waals surface area contributed by atoms with Gasteiger partial charge in [-0.2, -0.15) is 18.4 Å². The molecule has 0 atom stereocenters. The van der Waals surface area contributed by atoms with Crippen LogP contribution in [0, 0.1) is 25.2 Å². The number of likely N-dealkylation sites (tertiary alicyclic amines) is 1. The van der Waals surface area contributed by atoms with Crippen LogP contribution >= 0.6 is 22.9 Å². The molecule has 1 fully saturated rings. The molecule has 5 aromatic rings. The molecular formula is C34H29ClF3N5O4S. The van der Waals surface area contributed by atoms with E-state index < -0.39 is 23.3 Å². The van der Waals surface area contributed by atoms with Gasteiger partial charge in [0, 0.05) is 33.8 Å². The Morgan fingerprint density at radius 2 is 1.88 bits per heavy atom. The van der Waals surface area contributed by atoms with Gasteiger partial charge in [-0.3, -0.25) is 19.2 Å². The Bertz CT molecular complexity index is 2190. The molecule has 3 aromatic heterocycles. The van der Waals surface area contributed by atoms with Gasteiger partial charge in [0.2, 0.25) is 0 Å². The second-order valence-corrected chi connectivity index (χ2v) is 13.0. The van der Waals surface area contributed by atoms with Gasteiger partial charge < -0.3 is 9.84 Å². The third-order valence-electron chi connectivity index (χ3n) is 8.48. The predicted octanol–water partition coefficient (Wildman–Crippen LogP) is 7.60. The largest absolute Gasteiger partial charge is 0.491 e. The Morgan fingerprint density at radius 3 is 2.56 bits per heavy atom. The fourth-order valence-electron chi connectivity index (χ4n) is 6.25. The molecule has 1 N–H and O–H groups in total. The number of carboxylic acid groups (broad SMARTS) is 1. The van der Waals surface area contributed by atoms with Gasteiger partial charge in [-0.05, 0) is 75.7 Å². The van der Waals surface area contributed by atoms with Gasteiger partial charge in [-0.1, -0.05) is 18.0 Å². The predicted molar refractivity (Wildman–Crippen MR) is 177 cm³/mol. The molecule has 0 saturated carbocycles. The zero-order valence-electron chi connectivity index (χ0n) is 25.9. The fraction of sp³-hybridized carbons (Fsp3) is 0.324. The summed E-state index contributed by atoms with van der Waals surface area (Å²) in [7, 11) is 0. The molecule has 1 aliphatic heterocycles. The lowest BCUT2D eigenvalue weighted by molar-refractivity contribution is -0.138. The van der Waals surface area contributed by atoms with E-state index >= 15 is 0 Å². The van der Waals surface area contributed by atoms with E-state index in [0.717, 1.165) is 25.3 Å². The highest BCUT2D eigenvalue weighted by molar-refractivity contribution is 7.18. The van der Waals surface area contributed by atoms with Crippen LogP contribution in [0.3, 0.4) is 0 Å². The smallest absolute Gasteiger partial charge is 0.416 e. The molecular weight excluding hydrogens is 667 g/mol. The van der Waals surface area contributed by atoms with Crippen molar-refractivity contribution in [2.45, 2.75) is 52.4 Å². The molecule has 0 radical (unpaired) electrons. The van der Waals surface area contributed by atoms with Crippen molar-refractivity contribution in [1.29, 1.82) is 5.26 Å². The number of rotatable bonds is 8. The molecule has 1 saturated heterocycles. The lowest BCUT2D eigenvalue weighted by Gasteiger charge is -2.28. The monoisotopic (exact) mass is 695 g/mol. The Morgan fingerprint density at radius 1 is 1.12 bits per heavy atom. The molecule has 0 unspecified atom stereocenters. The average molecular weight is 696 g/mol. The van der Waals surface area contributed by atoms with E-state index in [2.05, 4.69) is 9.97 Å². The summed E-state index contributed by atoms with van der Waals surface area (Å²) >= 11 is 7.60. The number of fused-ring (bicyclic) bond motifs is 2. The lowest BCUT2D eigenvalue weighted by atomic mass is 9.95. The number of carbonyl (C=O) groups is 1. The molecule has 48 heavy (non-hydrogen) atoms. The van der Waals surface area contributed by atoms with Gasteiger partial charge in [-0.25, -0.2) is 9.78 Å². The number of hydrogen-bond acceptors (Lipinski definition) is 8. The minimum Gasteiger partial charge on any atom is -0.491 e. The number of ether oxygens (including phenoxy) is 1. The number of piperidine rings is 1. The maximum atomic E-state index is 14.3. The number of aryl methyl sites for hydroxylation is 2. The number of hydrogen-bond donors (Lipinski definition) is 1. The SMILES string of the molecule is Cc1cc(-c2cc(Cl)ccc2OCCn2c(C)nc3cc(C(F)(F)F)c(CN4CCCCC4)c(C#N)c3c2=O)c2scc(C(=O)O)c2n1. The molecule has 1 aliphatic rings. The molecule has 0 bridgehead atoms. The van der Waals surface area contributed by atoms with Crippen molar-refractivity contribution in [3.05, 3.63) is 84.9 Å². The van der Waals surface area contributed by atoms with Gasteiger partial charge in [0.25, 0.3) is 5.56 Å². The Labute approximate surface area is 281 Å². The third-order valence-corrected chi connectivity index (χ3v) is 9.72. The van der Waals surface area contributed by atoms with E-state index in [1.54, 1.807) is 25.1 Å². The van der Waals surface area contributed by atoms with Gasteiger partial charge in [0.1, 0.15) is 24.3 Å². The van der Waals surface area contributed by atoms with Crippen LogP contribution < -0.4 is 10.3 Å². The first kappa shape index (κ1) is 33.4. The van der Waals surface area contributed by atoms with Crippen LogP contribution in [0.1, 0.15) is 57.8 Å². The second-order valence-electron chi connectivity index (χ2n) is 11.7. The lowest BCUT2D eigenvalue weighted by Crippen LogP contribution is -2.32. The van der Waals surface area contributed by atoms with Crippen LogP contribution in [0.25, 0.3) is 32.2 Å². The van der Waals surface area contributed by atoms with Gasteiger partial charge in [-0.15, -0.1) is 11.3 Å². The van der Waals surface area contributed by atoms with Crippen molar-refractivity contribution in [1.82, 2.24) is 19.4 Å². The maximum absolute atomic E-state index is 14.3. The zero-order valence-corrected chi connectivity index (χ0v) is 27.5. The molecule has 2 aromatic carbocycles. The molecule has 0 amide bonds. The highest BCUT2D eigenvalue weighted by atomic mass is 35.5. The van der Waals surface area contributed by atoms with E-state index in [4.69, 9.17) is 16.3 Å². The summed E-state index contributed by atoms with van der Waals surface area (Å²) in [5, 5.41) is 21.6. The van der Waals surface area contributed by atoms with Crippen LogP contribution in [0.2, 0.25) is 5.02 Å². The van der Waals surface area contributed by atoms with Gasteiger partial charge in [0.15, 0.2) is 0 Å². The van der Waals surface area contributed by atoms with Crippen molar-refractivity contribution in [3.8, 4) is 22.9 Å². The Kier molecular flexibility index (Phi) is 9.17. The molecule has 6 rings (SSSR count). The minimum absolute atomic E-state index is 0.0179. The number of halogens is 4. The van der Waals surface area contributed by atoms with E-state index in [0.29, 0.717) is 50.9 Å². The fourth-order valence-corrected chi connectivity index (χ4v) is 7.43. The van der Waals surface area contributed by atoms with Crippen LogP contribution in [-0.4, -0.2) is 50.2 Å². The molecule has 4 heterocycles. The van der Waals surface area contributed by atoms with E-state index in [9.17, 15) is 33.1 Å². The van der Waals surface area contributed by atoms with Crippen molar-refractivity contribution < 1.29 is 27.8 Å². The summed E-state index contributed by atoms with van der Waals surface area (Å²) in [4.78, 5) is 36.4. The maximum Gasteiger partial charge on any atom is 0.416 e. The standard InChI is InChI=1S/C34H29ClF3N5O4S/c1-18-12-22(31-30(40-18)25(17-48-31)33(45)46)21-13-20(35)6-7-28(21)47-11-10-43-19(2)41-27-14-26(34(36,37)38)24(16-42-8-4-3-5-9-42)23(15-39)29(27)32(43)44/h6-7,12-14,17H,3-5,8-11,16H2,1-2H3,(H,45,46). The highest BCUT2D eigenvalue weighted by Gasteiger charge is 2.37. The Balaban J connectivity index is 1.37. The summed E-state index contributed by atoms with van der Waals surface area (Å²) < 4.78 is 51.0. The average Bonchev–Trinajstić information content (AvgIpc) is 3.47. The Hall–Kier alpha value is -4.51. The first-order valence-corrected chi connectivity index (χ1v) is 16.4. The molecule has 14 heteroatoms. The summed E-state index contributed by atoms with van der Waals surface area (Å²) in [5.41, 5.74) is -0.0124. The van der Waals surface area contributed by atoms with Crippen LogP contribution in [0.15, 0.2) is 40.5 Å². The first-order chi connectivity index (χ1) is 22.9. The van der Waals surface area contributed by atoms with Gasteiger partial charge >= 0.3 is 12.1 Å². The molecule has 9 nitrogen and oxygen atoms in total. The van der Waals surface area contributed by atoms with Crippen LogP contribution in [-0.2, 0) is 19.3 Å². The topological polar surface area (TPSA) is 121 Å². The number of nitrogens with zero attached hydrogens (tertiary/aromatic N) is 5. The number of carboxylic acids is 1. The first-order valence-electron chi connectivity index (χ1n) is 15.2. The zero-order chi connectivity index (χ0) is 34.3. The number of aromatic carboxylic acids is 1. The summed E-state index contributed by atoms with van der Waals surface area (Å²) in [6, 6.07) is 9.59. The van der Waals surface area contributed by atoms with Crippen molar-refractivity contribution >= 4 is 50.0 Å². The number of thiophene rings is 1. The van der Waals surface area contributed by atoms with Crippen molar-refractivity contribution in [2.24, 2.45) is 0 Å². The van der Waals surface area contributed by atoms with Crippen LogP contribution in [0.4, 0.5) is 13.2 Å². The number of benzene rings is 2. The van der Waals surface area contributed by atoms with E-state index in [1.807, 2.05) is 17.0 Å². The number of nitriles is 1. The molecule has 248 valence electrons. The quantitative estimate of drug-likeness (QED) is 0.176. The number of pyridine rings is 1. The highest BCUT2D eigenvalue weighted by Crippen LogP contribution is 2.41. The normalized spacial score (nSPS) is 14.0. The van der Waals surface area contributed by atoms with Crippen LogP contribution in [0.5, 0.6) is 5.75 Å². The van der Waals surface area contributed by atoms with E-state index in [1.165, 1.54) is 28.2 Å². The summed E-state index contributed by atoms with van der Waals surface area (Å²) in [5.74, 6) is -0.516. The molecule has 0 aliphatic carbocycles. The van der Waals surface area contributed by atoms with E-state index in [-0.39, 0.29) is 53.1 Å².